The molecule has 0 spiro atoms. The van der Waals surface area contributed by atoms with Crippen LogP contribution in [0.15, 0.2) is 59.1 Å². The Bertz CT molecular complexity index is 1440. The van der Waals surface area contributed by atoms with Crippen LogP contribution in [0.5, 0.6) is 0 Å². The molecule has 3 rings (SSSR count). The molecule has 0 fully saturated rings. The molecule has 3 amide bonds. The van der Waals surface area contributed by atoms with Gasteiger partial charge in [-0.15, -0.1) is 0 Å². The standard InChI is InChI=1S/C30H33ClN4O8/c31-21-5-1-4-20(16-21)18-10-12-19(13-11-18)25-17-22(43-35-25)14-15-26(36)33-24(7-3-9-28(39)40)30(42)34-23(29(32)41)6-2-8-27(37)38/h1,4-5,10-13,16-17,23-24H,2-3,6-9,14-15H2,(H2,32,41)(H,33,36)(H,34,42)(H,37,38)(H,39,40)/t23-,24-/m0/s1. The molecule has 2 aromatic carbocycles. The number of rotatable bonds is 17. The Hall–Kier alpha value is -4.71. The zero-order valence-electron chi connectivity index (χ0n) is 23.3. The van der Waals surface area contributed by atoms with Gasteiger partial charge in [-0.05, 0) is 48.9 Å². The summed E-state index contributed by atoms with van der Waals surface area (Å²) in [6.45, 7) is 0. The Morgan fingerprint density at radius 1 is 0.814 bits per heavy atom. The summed E-state index contributed by atoms with van der Waals surface area (Å²) >= 11 is 6.08. The van der Waals surface area contributed by atoms with Gasteiger partial charge >= 0.3 is 11.9 Å². The maximum Gasteiger partial charge on any atom is 0.303 e. The fraction of sp³-hybridized carbons (Fsp3) is 0.333. The molecule has 0 bridgehead atoms. The summed E-state index contributed by atoms with van der Waals surface area (Å²) in [5, 5.41) is 27.5. The number of amides is 3. The van der Waals surface area contributed by atoms with E-state index in [0.29, 0.717) is 16.5 Å². The first kappa shape index (κ1) is 32.8. The lowest BCUT2D eigenvalue weighted by atomic mass is 10.0. The number of carbonyl (C=O) groups is 5. The van der Waals surface area contributed by atoms with Crippen molar-refractivity contribution in [2.75, 3.05) is 0 Å². The lowest BCUT2D eigenvalue weighted by Gasteiger charge is -2.22. The summed E-state index contributed by atoms with van der Waals surface area (Å²) in [6.07, 6.45) is -0.109. The second kappa shape index (κ2) is 16.1. The number of nitrogens with one attached hydrogen (secondary N) is 2. The van der Waals surface area contributed by atoms with Gasteiger partial charge in [0.15, 0.2) is 0 Å². The molecular formula is C30H33ClN4O8. The fourth-order valence-corrected chi connectivity index (χ4v) is 4.50. The minimum absolute atomic E-state index is 0.000323. The highest BCUT2D eigenvalue weighted by atomic mass is 35.5. The van der Waals surface area contributed by atoms with Crippen molar-refractivity contribution >= 4 is 41.3 Å². The summed E-state index contributed by atoms with van der Waals surface area (Å²) in [5.41, 5.74) is 8.71. The number of carboxylic acids is 2. The van der Waals surface area contributed by atoms with E-state index in [1.54, 1.807) is 12.1 Å². The predicted molar refractivity (Wildman–Crippen MR) is 157 cm³/mol. The Labute approximate surface area is 252 Å². The third-order valence-electron chi connectivity index (χ3n) is 6.57. The van der Waals surface area contributed by atoms with Crippen molar-refractivity contribution in [2.45, 2.75) is 63.5 Å². The largest absolute Gasteiger partial charge is 0.481 e. The second-order valence-electron chi connectivity index (χ2n) is 9.92. The summed E-state index contributed by atoms with van der Waals surface area (Å²) in [6, 6.07) is 14.6. The molecule has 3 aromatic rings. The van der Waals surface area contributed by atoms with E-state index in [-0.39, 0.29) is 51.4 Å². The summed E-state index contributed by atoms with van der Waals surface area (Å²) < 4.78 is 5.39. The van der Waals surface area contributed by atoms with Crippen molar-refractivity contribution in [2.24, 2.45) is 5.73 Å². The Kier molecular flexibility index (Phi) is 12.3. The SMILES string of the molecule is NC(=O)[C@H](CCCC(=O)O)NC(=O)[C@H](CCCC(=O)O)NC(=O)CCc1cc(-c2ccc(-c3cccc(Cl)c3)cc2)no1. The number of hydrogen-bond donors (Lipinski definition) is 5. The highest BCUT2D eigenvalue weighted by molar-refractivity contribution is 6.30. The third-order valence-corrected chi connectivity index (χ3v) is 6.81. The number of hydrogen-bond acceptors (Lipinski definition) is 7. The molecule has 2 atom stereocenters. The van der Waals surface area contributed by atoms with Crippen LogP contribution < -0.4 is 16.4 Å². The molecule has 0 radical (unpaired) electrons. The Balaban J connectivity index is 1.58. The highest BCUT2D eigenvalue weighted by Crippen LogP contribution is 2.26. The molecule has 13 heteroatoms. The van der Waals surface area contributed by atoms with Crippen molar-refractivity contribution in [1.82, 2.24) is 15.8 Å². The number of aryl methyl sites for hydroxylation is 1. The van der Waals surface area contributed by atoms with Crippen LogP contribution in [0.2, 0.25) is 5.02 Å². The van der Waals surface area contributed by atoms with E-state index >= 15 is 0 Å². The number of aromatic nitrogens is 1. The van der Waals surface area contributed by atoms with Crippen molar-refractivity contribution in [3.05, 3.63) is 65.4 Å². The van der Waals surface area contributed by atoms with Gasteiger partial charge < -0.3 is 31.1 Å². The van der Waals surface area contributed by atoms with Crippen LogP contribution in [0.1, 0.15) is 50.7 Å². The number of halogens is 1. The third kappa shape index (κ3) is 10.9. The molecule has 0 unspecified atom stereocenters. The lowest BCUT2D eigenvalue weighted by Crippen LogP contribution is -2.53. The lowest BCUT2D eigenvalue weighted by molar-refractivity contribution is -0.138. The monoisotopic (exact) mass is 612 g/mol. The van der Waals surface area contributed by atoms with Gasteiger partial charge in [-0.3, -0.25) is 24.0 Å². The Morgan fingerprint density at radius 2 is 1.44 bits per heavy atom. The number of nitrogens with two attached hydrogens (primary N) is 1. The van der Waals surface area contributed by atoms with Crippen molar-refractivity contribution in [3.63, 3.8) is 0 Å². The van der Waals surface area contributed by atoms with Gasteiger partial charge in [-0.25, -0.2) is 0 Å². The average molecular weight is 613 g/mol. The van der Waals surface area contributed by atoms with E-state index in [2.05, 4.69) is 15.8 Å². The maximum atomic E-state index is 12.9. The summed E-state index contributed by atoms with van der Waals surface area (Å²) in [7, 11) is 0. The van der Waals surface area contributed by atoms with Crippen LogP contribution in [-0.4, -0.2) is 57.1 Å². The Morgan fingerprint density at radius 3 is 2.05 bits per heavy atom. The van der Waals surface area contributed by atoms with Gasteiger partial charge in [0.25, 0.3) is 0 Å². The normalized spacial score (nSPS) is 12.2. The maximum absolute atomic E-state index is 12.9. The molecule has 0 saturated carbocycles. The number of carboxylic acid groups (broad SMARTS) is 2. The van der Waals surface area contributed by atoms with E-state index in [0.717, 1.165) is 16.7 Å². The van der Waals surface area contributed by atoms with Crippen LogP contribution in [-0.2, 0) is 30.4 Å². The van der Waals surface area contributed by atoms with E-state index < -0.39 is 41.7 Å². The first-order valence-corrected chi connectivity index (χ1v) is 14.0. The zero-order chi connectivity index (χ0) is 31.4. The van der Waals surface area contributed by atoms with Crippen molar-refractivity contribution in [1.29, 1.82) is 0 Å². The van der Waals surface area contributed by atoms with Crippen LogP contribution in [0.4, 0.5) is 0 Å². The van der Waals surface area contributed by atoms with Gasteiger partial charge in [0.05, 0.1) is 0 Å². The van der Waals surface area contributed by atoms with E-state index in [1.165, 1.54) is 0 Å². The molecule has 228 valence electrons. The van der Waals surface area contributed by atoms with Gasteiger partial charge in [-0.2, -0.15) is 0 Å². The topological polar surface area (TPSA) is 202 Å². The summed E-state index contributed by atoms with van der Waals surface area (Å²) in [5.74, 6) is -3.74. The molecule has 0 aliphatic carbocycles. The first-order valence-electron chi connectivity index (χ1n) is 13.7. The minimum atomic E-state index is -1.14. The van der Waals surface area contributed by atoms with Gasteiger partial charge in [-0.1, -0.05) is 53.2 Å². The molecule has 43 heavy (non-hydrogen) atoms. The van der Waals surface area contributed by atoms with Gasteiger partial charge in [0.1, 0.15) is 23.5 Å². The number of primary amides is 1. The molecule has 0 aliphatic heterocycles. The van der Waals surface area contributed by atoms with Crippen LogP contribution in [0, 0.1) is 0 Å². The van der Waals surface area contributed by atoms with Crippen molar-refractivity contribution < 1.29 is 38.7 Å². The molecule has 6 N–H and O–H groups in total. The molecule has 0 saturated heterocycles. The summed E-state index contributed by atoms with van der Waals surface area (Å²) in [4.78, 5) is 59.1. The van der Waals surface area contributed by atoms with Crippen LogP contribution in [0.25, 0.3) is 22.4 Å². The molecule has 0 aliphatic rings. The predicted octanol–water partition coefficient (Wildman–Crippen LogP) is 3.56. The smallest absolute Gasteiger partial charge is 0.303 e. The van der Waals surface area contributed by atoms with E-state index in [4.69, 9.17) is 32.1 Å². The number of nitrogens with zero attached hydrogens (tertiary/aromatic N) is 1. The first-order chi connectivity index (χ1) is 20.5. The number of benzene rings is 2. The number of aliphatic carboxylic acids is 2. The minimum Gasteiger partial charge on any atom is -0.481 e. The zero-order valence-corrected chi connectivity index (χ0v) is 24.0. The molecule has 1 aromatic heterocycles. The number of carbonyl (C=O) groups excluding carboxylic acids is 3. The van der Waals surface area contributed by atoms with E-state index in [1.807, 2.05) is 42.5 Å². The highest BCUT2D eigenvalue weighted by Gasteiger charge is 2.26. The van der Waals surface area contributed by atoms with Crippen molar-refractivity contribution in [3.8, 4) is 22.4 Å². The van der Waals surface area contributed by atoms with Gasteiger partial charge in [0.2, 0.25) is 17.7 Å². The quantitative estimate of drug-likeness (QED) is 0.151. The average Bonchev–Trinajstić information content (AvgIpc) is 3.44. The molecule has 1 heterocycles. The second-order valence-corrected chi connectivity index (χ2v) is 10.4. The molecular weight excluding hydrogens is 580 g/mol. The fourth-order valence-electron chi connectivity index (χ4n) is 4.31. The van der Waals surface area contributed by atoms with E-state index in [9.17, 15) is 24.0 Å². The van der Waals surface area contributed by atoms with Gasteiger partial charge in [0, 0.05) is 42.3 Å². The van der Waals surface area contributed by atoms with Crippen LogP contribution in [0.3, 0.4) is 0 Å². The van der Waals surface area contributed by atoms with Crippen LogP contribution >= 0.6 is 11.6 Å². The molecule has 12 nitrogen and oxygen atoms in total.